The van der Waals surface area contributed by atoms with Gasteiger partial charge in [0.15, 0.2) is 0 Å². The van der Waals surface area contributed by atoms with Gasteiger partial charge in [-0.1, -0.05) is 12.1 Å². The van der Waals surface area contributed by atoms with Gasteiger partial charge in [0.05, 0.1) is 6.54 Å². The van der Waals surface area contributed by atoms with Crippen LogP contribution in [0.25, 0.3) is 0 Å². The Kier molecular flexibility index (Phi) is 5.68. The van der Waals surface area contributed by atoms with Gasteiger partial charge in [0.1, 0.15) is 11.9 Å². The molecular weight excluding hydrogens is 275 g/mol. The van der Waals surface area contributed by atoms with E-state index in [0.717, 1.165) is 12.0 Å². The second kappa shape index (κ2) is 7.73. The van der Waals surface area contributed by atoms with E-state index in [-0.39, 0.29) is 24.2 Å². The van der Waals surface area contributed by atoms with E-state index in [0.29, 0.717) is 26.0 Å². The molecule has 1 saturated heterocycles. The quantitative estimate of drug-likeness (QED) is 0.815. The van der Waals surface area contributed by atoms with Gasteiger partial charge in [-0.15, -0.1) is 0 Å². The topological polar surface area (TPSA) is 67.4 Å². The van der Waals surface area contributed by atoms with Crippen molar-refractivity contribution in [3.05, 3.63) is 35.6 Å². The molecule has 1 fully saturated rings. The summed E-state index contributed by atoms with van der Waals surface area (Å²) in [6.07, 6.45) is 1.78. The molecule has 2 rings (SSSR count). The van der Waals surface area contributed by atoms with E-state index in [9.17, 15) is 14.0 Å². The fourth-order valence-corrected chi connectivity index (χ4v) is 2.13. The maximum atomic E-state index is 12.7. The van der Waals surface area contributed by atoms with Crippen molar-refractivity contribution in [3.8, 4) is 0 Å². The first-order valence-electron chi connectivity index (χ1n) is 7.05. The normalized spacial score (nSPS) is 17.5. The Bertz CT molecular complexity index is 484. The second-order valence-corrected chi connectivity index (χ2v) is 4.95. The fourth-order valence-electron chi connectivity index (χ4n) is 2.13. The highest BCUT2D eigenvalue weighted by atomic mass is 19.1. The predicted molar refractivity (Wildman–Crippen MR) is 75.1 cm³/mol. The minimum absolute atomic E-state index is 0.0535. The lowest BCUT2D eigenvalue weighted by Crippen LogP contribution is -2.41. The third-order valence-electron chi connectivity index (χ3n) is 3.29. The molecule has 1 aliphatic heterocycles. The molecule has 1 aromatic rings. The molecule has 0 radical (unpaired) electrons. The average molecular weight is 294 g/mol. The summed E-state index contributed by atoms with van der Waals surface area (Å²) >= 11 is 0. The summed E-state index contributed by atoms with van der Waals surface area (Å²) in [7, 11) is 0. The Balaban J connectivity index is 1.61. The van der Waals surface area contributed by atoms with Crippen molar-refractivity contribution in [2.75, 3.05) is 19.7 Å². The lowest BCUT2D eigenvalue weighted by atomic mass is 10.1. The zero-order valence-corrected chi connectivity index (χ0v) is 11.7. The summed E-state index contributed by atoms with van der Waals surface area (Å²) < 4.78 is 17.9. The first kappa shape index (κ1) is 15.4. The van der Waals surface area contributed by atoms with Gasteiger partial charge in [0.25, 0.3) is 0 Å². The van der Waals surface area contributed by atoms with E-state index in [1.807, 2.05) is 0 Å². The van der Waals surface area contributed by atoms with E-state index >= 15 is 0 Å². The number of carbonyl (C=O) groups excluding carboxylic acids is 2. The first-order chi connectivity index (χ1) is 10.1. The summed E-state index contributed by atoms with van der Waals surface area (Å²) in [4.78, 5) is 23.2. The monoisotopic (exact) mass is 294 g/mol. The van der Waals surface area contributed by atoms with Crippen molar-refractivity contribution >= 4 is 11.8 Å². The molecule has 5 nitrogen and oxygen atoms in total. The van der Waals surface area contributed by atoms with Gasteiger partial charge in [-0.05, 0) is 37.0 Å². The molecule has 2 amide bonds. The first-order valence-corrected chi connectivity index (χ1v) is 7.05. The van der Waals surface area contributed by atoms with E-state index < -0.39 is 6.10 Å². The number of halogens is 1. The molecule has 6 heteroatoms. The summed E-state index contributed by atoms with van der Waals surface area (Å²) in [6.45, 7) is 0.990. The maximum absolute atomic E-state index is 12.7. The van der Waals surface area contributed by atoms with Gasteiger partial charge in [-0.2, -0.15) is 0 Å². The summed E-state index contributed by atoms with van der Waals surface area (Å²) in [5.41, 5.74) is 0.945. The highest BCUT2D eigenvalue weighted by molar-refractivity contribution is 5.86. The maximum Gasteiger partial charge on any atom is 0.249 e. The molecule has 1 unspecified atom stereocenters. The highest BCUT2D eigenvalue weighted by Crippen LogP contribution is 2.11. The number of ether oxygens (including phenoxy) is 1. The molecule has 0 bridgehead atoms. The number of rotatable bonds is 6. The zero-order valence-electron chi connectivity index (χ0n) is 11.7. The van der Waals surface area contributed by atoms with Crippen molar-refractivity contribution in [1.82, 2.24) is 10.6 Å². The Hall–Kier alpha value is -1.95. The van der Waals surface area contributed by atoms with Gasteiger partial charge < -0.3 is 15.4 Å². The van der Waals surface area contributed by atoms with Crippen LogP contribution in [0.3, 0.4) is 0 Å². The van der Waals surface area contributed by atoms with Crippen LogP contribution in [0.4, 0.5) is 4.39 Å². The lowest BCUT2D eigenvalue weighted by Gasteiger charge is -2.10. The fraction of sp³-hybridized carbons (Fsp3) is 0.467. The Morgan fingerprint density at radius 2 is 2.00 bits per heavy atom. The van der Waals surface area contributed by atoms with Crippen molar-refractivity contribution in [2.24, 2.45) is 0 Å². The third kappa shape index (κ3) is 5.15. The second-order valence-electron chi connectivity index (χ2n) is 4.95. The zero-order chi connectivity index (χ0) is 15.1. The molecule has 114 valence electrons. The standard InChI is InChI=1S/C15H19FN2O3/c16-12-5-3-11(4-6-12)7-8-17-14(19)10-18-15(20)13-2-1-9-21-13/h3-6,13H,1-2,7-10H2,(H,17,19)(H,18,20). The van der Waals surface area contributed by atoms with Crippen molar-refractivity contribution in [2.45, 2.75) is 25.4 Å². The van der Waals surface area contributed by atoms with Crippen LogP contribution in [0.15, 0.2) is 24.3 Å². The van der Waals surface area contributed by atoms with Crippen molar-refractivity contribution in [3.63, 3.8) is 0 Å². The molecule has 1 aromatic carbocycles. The van der Waals surface area contributed by atoms with Crippen LogP contribution in [0.2, 0.25) is 0 Å². The Labute approximate surface area is 122 Å². The van der Waals surface area contributed by atoms with Gasteiger partial charge in [-0.3, -0.25) is 9.59 Å². The van der Waals surface area contributed by atoms with Crippen LogP contribution in [0, 0.1) is 5.82 Å². The molecule has 1 aliphatic rings. The van der Waals surface area contributed by atoms with Gasteiger partial charge in [-0.25, -0.2) is 4.39 Å². The Morgan fingerprint density at radius 1 is 1.24 bits per heavy atom. The number of amides is 2. The molecule has 0 saturated carbocycles. The summed E-state index contributed by atoms with van der Waals surface area (Å²) in [5, 5.41) is 5.26. The van der Waals surface area contributed by atoms with Gasteiger partial charge in [0, 0.05) is 13.2 Å². The minimum atomic E-state index is -0.419. The van der Waals surface area contributed by atoms with Gasteiger partial charge in [0.2, 0.25) is 11.8 Å². The predicted octanol–water partition coefficient (Wildman–Crippen LogP) is 0.780. The van der Waals surface area contributed by atoms with Crippen LogP contribution >= 0.6 is 0 Å². The molecule has 0 aliphatic carbocycles. The van der Waals surface area contributed by atoms with Crippen LogP contribution < -0.4 is 10.6 Å². The lowest BCUT2D eigenvalue weighted by molar-refractivity contribution is -0.132. The number of hydrogen-bond donors (Lipinski definition) is 2. The Morgan fingerprint density at radius 3 is 2.67 bits per heavy atom. The van der Waals surface area contributed by atoms with Crippen LogP contribution in [0.5, 0.6) is 0 Å². The number of hydrogen-bond acceptors (Lipinski definition) is 3. The van der Waals surface area contributed by atoms with Crippen molar-refractivity contribution in [1.29, 1.82) is 0 Å². The largest absolute Gasteiger partial charge is 0.368 e. The third-order valence-corrected chi connectivity index (χ3v) is 3.29. The van der Waals surface area contributed by atoms with Crippen molar-refractivity contribution < 1.29 is 18.7 Å². The highest BCUT2D eigenvalue weighted by Gasteiger charge is 2.23. The molecule has 2 N–H and O–H groups in total. The molecule has 1 heterocycles. The average Bonchev–Trinajstić information content (AvgIpc) is 3.01. The van der Waals surface area contributed by atoms with Crippen LogP contribution in [-0.2, 0) is 20.7 Å². The molecule has 0 spiro atoms. The van der Waals surface area contributed by atoms with Gasteiger partial charge >= 0.3 is 0 Å². The molecular formula is C15H19FN2O3. The molecule has 1 atom stereocenters. The molecule has 0 aromatic heterocycles. The van der Waals surface area contributed by atoms with Crippen LogP contribution in [-0.4, -0.2) is 37.6 Å². The number of nitrogens with one attached hydrogen (secondary N) is 2. The smallest absolute Gasteiger partial charge is 0.249 e. The number of benzene rings is 1. The van der Waals surface area contributed by atoms with E-state index in [1.54, 1.807) is 12.1 Å². The summed E-state index contributed by atoms with van der Waals surface area (Å²) in [5.74, 6) is -0.760. The SMILES string of the molecule is O=C(CNC(=O)C1CCCO1)NCCc1ccc(F)cc1. The molecule has 21 heavy (non-hydrogen) atoms. The minimum Gasteiger partial charge on any atom is -0.368 e. The van der Waals surface area contributed by atoms with E-state index in [2.05, 4.69) is 10.6 Å². The van der Waals surface area contributed by atoms with E-state index in [1.165, 1.54) is 12.1 Å². The summed E-state index contributed by atoms with van der Waals surface area (Å²) in [6, 6.07) is 6.14. The number of carbonyl (C=O) groups is 2. The van der Waals surface area contributed by atoms with Crippen LogP contribution in [0.1, 0.15) is 18.4 Å². The van der Waals surface area contributed by atoms with E-state index in [4.69, 9.17) is 4.74 Å².